The molecule has 3 aromatic rings. The predicted octanol–water partition coefficient (Wildman–Crippen LogP) is 2.95. The van der Waals surface area contributed by atoms with Crippen molar-refractivity contribution in [3.8, 4) is 0 Å². The standard InChI is InChI=1S/C22H23N5O3/c28-22(24-9-3-4-10-24)21-11-16-5-1-2-6-18(16)14-25(21)15-26-20-12-19(27(29)30)8-7-17(20)13-23-26/h1-2,5-8,12-13,21H,3-4,9-11,14-15H2/t21-/m1/s1. The smallest absolute Gasteiger partial charge is 0.271 e. The third kappa shape index (κ3) is 3.33. The molecule has 154 valence electrons. The summed E-state index contributed by atoms with van der Waals surface area (Å²) in [5.41, 5.74) is 3.17. The lowest BCUT2D eigenvalue weighted by molar-refractivity contribution is -0.384. The molecule has 30 heavy (non-hydrogen) atoms. The van der Waals surface area contributed by atoms with Crippen LogP contribution in [0.1, 0.15) is 24.0 Å². The van der Waals surface area contributed by atoms with E-state index in [0.29, 0.717) is 25.2 Å². The number of carbonyl (C=O) groups excluding carboxylic acids is 1. The molecule has 1 atom stereocenters. The Kier molecular flexibility index (Phi) is 4.71. The van der Waals surface area contributed by atoms with Crippen molar-refractivity contribution in [3.63, 3.8) is 0 Å². The van der Waals surface area contributed by atoms with Crippen molar-refractivity contribution in [2.45, 2.75) is 38.5 Å². The zero-order chi connectivity index (χ0) is 20.7. The molecule has 0 radical (unpaired) electrons. The first-order valence-corrected chi connectivity index (χ1v) is 10.3. The van der Waals surface area contributed by atoms with Gasteiger partial charge in [-0.05, 0) is 36.5 Å². The van der Waals surface area contributed by atoms with E-state index in [1.54, 1.807) is 23.0 Å². The number of benzene rings is 2. The van der Waals surface area contributed by atoms with Crippen LogP contribution < -0.4 is 0 Å². The summed E-state index contributed by atoms with van der Waals surface area (Å²) in [4.78, 5) is 28.3. The molecule has 5 rings (SSSR count). The molecule has 1 fully saturated rings. The molecule has 0 N–H and O–H groups in total. The normalized spacial score (nSPS) is 19.2. The van der Waals surface area contributed by atoms with Gasteiger partial charge in [0.1, 0.15) is 0 Å². The number of non-ortho nitro benzene ring substituents is 1. The van der Waals surface area contributed by atoms with Gasteiger partial charge in [-0.2, -0.15) is 5.10 Å². The highest BCUT2D eigenvalue weighted by atomic mass is 16.6. The summed E-state index contributed by atoms with van der Waals surface area (Å²) in [6.07, 6.45) is 4.50. The van der Waals surface area contributed by atoms with Crippen molar-refractivity contribution >= 4 is 22.5 Å². The fourth-order valence-electron chi connectivity index (χ4n) is 4.57. The quantitative estimate of drug-likeness (QED) is 0.492. The van der Waals surface area contributed by atoms with Crippen LogP contribution >= 0.6 is 0 Å². The average Bonchev–Trinajstić information content (AvgIpc) is 3.43. The first kappa shape index (κ1) is 18.7. The van der Waals surface area contributed by atoms with Gasteiger partial charge in [0.05, 0.1) is 29.3 Å². The summed E-state index contributed by atoms with van der Waals surface area (Å²) < 4.78 is 1.76. The number of amides is 1. The summed E-state index contributed by atoms with van der Waals surface area (Å²) in [6, 6.07) is 12.8. The van der Waals surface area contributed by atoms with Gasteiger partial charge < -0.3 is 4.90 Å². The first-order chi connectivity index (χ1) is 14.6. The maximum Gasteiger partial charge on any atom is 0.271 e. The first-order valence-electron chi connectivity index (χ1n) is 10.3. The third-order valence-electron chi connectivity index (χ3n) is 6.20. The lowest BCUT2D eigenvalue weighted by Gasteiger charge is -2.37. The number of nitro groups is 1. The van der Waals surface area contributed by atoms with Crippen molar-refractivity contribution < 1.29 is 9.72 Å². The SMILES string of the molecule is O=C([C@H]1Cc2ccccc2CN1Cn1ncc2ccc([N+](=O)[O-])cc21)N1CCCC1. The highest BCUT2D eigenvalue weighted by Crippen LogP contribution is 2.27. The van der Waals surface area contributed by atoms with E-state index in [9.17, 15) is 14.9 Å². The second kappa shape index (κ2) is 7.53. The maximum atomic E-state index is 13.3. The van der Waals surface area contributed by atoms with Gasteiger partial charge in [0.15, 0.2) is 0 Å². The highest BCUT2D eigenvalue weighted by Gasteiger charge is 2.35. The van der Waals surface area contributed by atoms with Crippen LogP contribution in [0.15, 0.2) is 48.7 Å². The van der Waals surface area contributed by atoms with Gasteiger partial charge in [0.25, 0.3) is 5.69 Å². The maximum absolute atomic E-state index is 13.3. The Hall–Kier alpha value is -3.26. The van der Waals surface area contributed by atoms with E-state index >= 15 is 0 Å². The number of aromatic nitrogens is 2. The van der Waals surface area contributed by atoms with E-state index in [1.165, 1.54) is 17.2 Å². The minimum atomic E-state index is -0.395. The van der Waals surface area contributed by atoms with Gasteiger partial charge >= 0.3 is 0 Å². The molecular weight excluding hydrogens is 382 g/mol. The Morgan fingerprint density at radius 2 is 1.90 bits per heavy atom. The van der Waals surface area contributed by atoms with Crippen LogP contribution in [0.4, 0.5) is 5.69 Å². The van der Waals surface area contributed by atoms with Gasteiger partial charge in [0.2, 0.25) is 5.91 Å². The van der Waals surface area contributed by atoms with Crippen molar-refractivity contribution in [1.29, 1.82) is 0 Å². The average molecular weight is 405 g/mol. The molecule has 0 saturated carbocycles. The topological polar surface area (TPSA) is 84.5 Å². The minimum Gasteiger partial charge on any atom is -0.341 e. The number of fused-ring (bicyclic) bond motifs is 2. The molecule has 2 aromatic carbocycles. The highest BCUT2D eigenvalue weighted by molar-refractivity contribution is 5.83. The van der Waals surface area contributed by atoms with Crippen molar-refractivity contribution in [1.82, 2.24) is 19.6 Å². The molecule has 2 aliphatic heterocycles. The second-order valence-electron chi connectivity index (χ2n) is 8.05. The van der Waals surface area contributed by atoms with Crippen LogP contribution in [-0.2, 0) is 24.4 Å². The second-order valence-corrected chi connectivity index (χ2v) is 8.05. The monoisotopic (exact) mass is 405 g/mol. The zero-order valence-electron chi connectivity index (χ0n) is 16.6. The van der Waals surface area contributed by atoms with Crippen molar-refractivity contribution in [3.05, 3.63) is 69.9 Å². The molecular formula is C22H23N5O3. The molecule has 2 aliphatic rings. The van der Waals surface area contributed by atoms with E-state index in [4.69, 9.17) is 0 Å². The van der Waals surface area contributed by atoms with Crippen LogP contribution in [0.5, 0.6) is 0 Å². The lowest BCUT2D eigenvalue weighted by atomic mass is 9.93. The molecule has 0 spiro atoms. The van der Waals surface area contributed by atoms with Gasteiger partial charge in [0, 0.05) is 37.2 Å². The Bertz CT molecular complexity index is 1120. The summed E-state index contributed by atoms with van der Waals surface area (Å²) in [5.74, 6) is 0.171. The summed E-state index contributed by atoms with van der Waals surface area (Å²) >= 11 is 0. The number of nitro benzene ring substituents is 1. The van der Waals surface area contributed by atoms with E-state index in [0.717, 1.165) is 31.3 Å². The molecule has 1 amide bonds. The fourth-order valence-corrected chi connectivity index (χ4v) is 4.57. The Morgan fingerprint density at radius 3 is 2.67 bits per heavy atom. The Morgan fingerprint density at radius 1 is 1.13 bits per heavy atom. The molecule has 3 heterocycles. The van der Waals surface area contributed by atoms with Crippen LogP contribution in [0.25, 0.3) is 10.9 Å². The third-order valence-corrected chi connectivity index (χ3v) is 6.20. The number of rotatable bonds is 4. The summed E-state index contributed by atoms with van der Waals surface area (Å²) in [7, 11) is 0. The minimum absolute atomic E-state index is 0.0398. The predicted molar refractivity (Wildman–Crippen MR) is 112 cm³/mol. The molecule has 8 heteroatoms. The number of likely N-dealkylation sites (tertiary alicyclic amines) is 1. The number of hydrogen-bond donors (Lipinski definition) is 0. The van der Waals surface area contributed by atoms with Crippen molar-refractivity contribution in [2.75, 3.05) is 13.1 Å². The van der Waals surface area contributed by atoms with Gasteiger partial charge in [-0.25, -0.2) is 0 Å². The van der Waals surface area contributed by atoms with E-state index in [-0.39, 0.29) is 17.6 Å². The van der Waals surface area contributed by atoms with Crippen LogP contribution in [0, 0.1) is 10.1 Å². The molecule has 0 aliphatic carbocycles. The number of nitrogens with zero attached hydrogens (tertiary/aromatic N) is 5. The molecule has 8 nitrogen and oxygen atoms in total. The molecule has 0 bridgehead atoms. The fraction of sp³-hybridized carbons (Fsp3) is 0.364. The Balaban J connectivity index is 1.49. The van der Waals surface area contributed by atoms with Crippen molar-refractivity contribution in [2.24, 2.45) is 0 Å². The van der Waals surface area contributed by atoms with Gasteiger partial charge in [-0.1, -0.05) is 24.3 Å². The van der Waals surface area contributed by atoms with E-state index in [2.05, 4.69) is 22.1 Å². The lowest BCUT2D eigenvalue weighted by Crippen LogP contribution is -2.51. The Labute approximate surface area is 173 Å². The largest absolute Gasteiger partial charge is 0.341 e. The number of carbonyl (C=O) groups is 1. The molecule has 1 saturated heterocycles. The van der Waals surface area contributed by atoms with Crippen LogP contribution in [0.2, 0.25) is 0 Å². The van der Waals surface area contributed by atoms with E-state index in [1.807, 2.05) is 17.0 Å². The van der Waals surface area contributed by atoms with Crippen LogP contribution in [-0.4, -0.2) is 49.5 Å². The summed E-state index contributed by atoms with van der Waals surface area (Å²) in [5, 5.41) is 16.5. The molecule has 0 unspecified atom stereocenters. The molecule has 1 aromatic heterocycles. The van der Waals surface area contributed by atoms with Crippen LogP contribution in [0.3, 0.4) is 0 Å². The van der Waals surface area contributed by atoms with E-state index < -0.39 is 4.92 Å². The van der Waals surface area contributed by atoms with Gasteiger partial charge in [-0.3, -0.25) is 24.5 Å². The summed E-state index contributed by atoms with van der Waals surface area (Å²) in [6.45, 7) is 2.70. The van der Waals surface area contributed by atoms with Gasteiger partial charge in [-0.15, -0.1) is 0 Å². The zero-order valence-corrected chi connectivity index (χ0v) is 16.6. The number of hydrogen-bond acceptors (Lipinski definition) is 5.